The number of sulfone groups is 1. The Balaban J connectivity index is 1.85. The number of carbonyl (C=O) groups excluding carboxylic acids is 1. The molecule has 1 N–H and O–H groups in total. The summed E-state index contributed by atoms with van der Waals surface area (Å²) in [5.41, 5.74) is 1.44. The van der Waals surface area contributed by atoms with Gasteiger partial charge in [-0.05, 0) is 43.3 Å². The molecule has 3 rings (SSSR count). The minimum atomic E-state index is -3.72. The smallest absolute Gasteiger partial charge is 0.251 e. The van der Waals surface area contributed by atoms with Gasteiger partial charge in [0.25, 0.3) is 5.91 Å². The molecule has 0 aliphatic heterocycles. The number of hydrogen-bond acceptors (Lipinski definition) is 4. The van der Waals surface area contributed by atoms with Crippen molar-refractivity contribution in [3.63, 3.8) is 0 Å². The molecule has 6 heteroatoms. The van der Waals surface area contributed by atoms with Crippen molar-refractivity contribution in [3.8, 4) is 0 Å². The first kappa shape index (κ1) is 17.9. The van der Waals surface area contributed by atoms with Gasteiger partial charge in [0.15, 0.2) is 9.84 Å². The molecule has 0 saturated carbocycles. The molecule has 2 aromatic carbocycles. The second kappa shape index (κ2) is 7.58. The summed E-state index contributed by atoms with van der Waals surface area (Å²) in [4.78, 5) is 12.6. The van der Waals surface area contributed by atoms with Crippen molar-refractivity contribution in [2.24, 2.45) is 0 Å². The Morgan fingerprint density at radius 3 is 2.46 bits per heavy atom. The molecule has 1 amide bonds. The maximum Gasteiger partial charge on any atom is 0.251 e. The third-order valence-electron chi connectivity index (χ3n) is 4.04. The van der Waals surface area contributed by atoms with Crippen molar-refractivity contribution < 1.29 is 17.6 Å². The first-order chi connectivity index (χ1) is 12.5. The molecule has 1 aromatic heterocycles. The highest BCUT2D eigenvalue weighted by Crippen LogP contribution is 2.28. The number of furan rings is 1. The van der Waals surface area contributed by atoms with Gasteiger partial charge >= 0.3 is 0 Å². The SMILES string of the molecule is Cc1cccc(C(=O)NC[C@H](c2ccco2)S(=O)(=O)c2ccccc2)c1. The molecule has 0 aliphatic carbocycles. The van der Waals surface area contributed by atoms with Gasteiger partial charge in [-0.25, -0.2) is 8.42 Å². The van der Waals surface area contributed by atoms with Crippen molar-refractivity contribution in [3.05, 3.63) is 89.9 Å². The molecule has 0 spiro atoms. The Morgan fingerprint density at radius 1 is 1.04 bits per heavy atom. The topological polar surface area (TPSA) is 76.4 Å². The molecule has 1 atom stereocenters. The highest BCUT2D eigenvalue weighted by molar-refractivity contribution is 7.91. The molecule has 134 valence electrons. The number of amides is 1. The third-order valence-corrected chi connectivity index (χ3v) is 6.11. The number of carbonyl (C=O) groups is 1. The predicted octanol–water partition coefficient (Wildman–Crippen LogP) is 3.53. The van der Waals surface area contributed by atoms with E-state index >= 15 is 0 Å². The quantitative estimate of drug-likeness (QED) is 0.721. The average molecular weight is 369 g/mol. The van der Waals surface area contributed by atoms with Gasteiger partial charge in [-0.15, -0.1) is 0 Å². The zero-order chi connectivity index (χ0) is 18.6. The van der Waals surface area contributed by atoms with Crippen LogP contribution in [0.3, 0.4) is 0 Å². The molecule has 1 heterocycles. The number of hydrogen-bond donors (Lipinski definition) is 1. The van der Waals surface area contributed by atoms with Crippen molar-refractivity contribution in [2.75, 3.05) is 6.54 Å². The van der Waals surface area contributed by atoms with Crippen LogP contribution < -0.4 is 5.32 Å². The summed E-state index contributed by atoms with van der Waals surface area (Å²) in [6.07, 6.45) is 1.42. The van der Waals surface area contributed by atoms with Crippen LogP contribution in [0.5, 0.6) is 0 Å². The van der Waals surface area contributed by atoms with Crippen molar-refractivity contribution >= 4 is 15.7 Å². The zero-order valence-electron chi connectivity index (χ0n) is 14.3. The van der Waals surface area contributed by atoms with Gasteiger partial charge in [-0.1, -0.05) is 35.9 Å². The molecular weight excluding hydrogens is 350 g/mol. The molecule has 3 aromatic rings. The van der Waals surface area contributed by atoms with Crippen molar-refractivity contribution in [1.82, 2.24) is 5.32 Å². The number of rotatable bonds is 6. The lowest BCUT2D eigenvalue weighted by Gasteiger charge is -2.17. The Hall–Kier alpha value is -2.86. The molecule has 0 fully saturated rings. The van der Waals surface area contributed by atoms with Crippen LogP contribution in [0.25, 0.3) is 0 Å². The van der Waals surface area contributed by atoms with E-state index in [0.717, 1.165) is 5.56 Å². The van der Waals surface area contributed by atoms with Gasteiger partial charge in [0.1, 0.15) is 11.0 Å². The van der Waals surface area contributed by atoms with Crippen LogP contribution in [-0.2, 0) is 9.84 Å². The van der Waals surface area contributed by atoms with E-state index < -0.39 is 15.1 Å². The van der Waals surface area contributed by atoms with E-state index in [1.807, 2.05) is 13.0 Å². The molecule has 0 bridgehead atoms. The lowest BCUT2D eigenvalue weighted by Crippen LogP contribution is -2.31. The minimum Gasteiger partial charge on any atom is -0.468 e. The fourth-order valence-electron chi connectivity index (χ4n) is 2.69. The van der Waals surface area contributed by atoms with Crippen LogP contribution in [-0.4, -0.2) is 20.9 Å². The summed E-state index contributed by atoms with van der Waals surface area (Å²) in [6.45, 7) is 1.81. The Kier molecular flexibility index (Phi) is 5.23. The number of benzene rings is 2. The number of aryl methyl sites for hydroxylation is 1. The van der Waals surface area contributed by atoms with Gasteiger partial charge in [-0.3, -0.25) is 4.79 Å². The third kappa shape index (κ3) is 3.86. The minimum absolute atomic E-state index is 0.0858. The van der Waals surface area contributed by atoms with Crippen LogP contribution in [0.2, 0.25) is 0 Å². The molecule has 5 nitrogen and oxygen atoms in total. The van der Waals surface area contributed by atoms with Gasteiger partial charge in [0.2, 0.25) is 0 Å². The summed E-state index contributed by atoms with van der Waals surface area (Å²) in [5, 5.41) is 1.71. The Labute approximate surface area is 152 Å². The predicted molar refractivity (Wildman–Crippen MR) is 98.6 cm³/mol. The second-order valence-corrected chi connectivity index (χ2v) is 8.07. The fraction of sp³-hybridized carbons (Fsp3) is 0.150. The van der Waals surface area contributed by atoms with Crippen LogP contribution in [0.1, 0.15) is 26.9 Å². The van der Waals surface area contributed by atoms with Crippen LogP contribution in [0.4, 0.5) is 0 Å². The summed E-state index contributed by atoms with van der Waals surface area (Å²) >= 11 is 0. The molecular formula is C20H19NO4S. The van der Waals surface area contributed by atoms with Gasteiger partial charge < -0.3 is 9.73 Å². The molecule has 0 saturated heterocycles. The first-order valence-corrected chi connectivity index (χ1v) is 9.70. The normalized spacial score (nSPS) is 12.5. The molecule has 0 aliphatic rings. The Morgan fingerprint density at radius 2 is 1.81 bits per heavy atom. The van der Waals surface area contributed by atoms with Crippen LogP contribution in [0.15, 0.2) is 82.3 Å². The standard InChI is InChI=1S/C20H19NO4S/c1-15-7-5-8-16(13-15)20(22)21-14-19(18-11-6-12-25-18)26(23,24)17-9-3-2-4-10-17/h2-13,19H,14H2,1H3,(H,21,22)/t19-/m1/s1. The van der Waals surface area contributed by atoms with Crippen molar-refractivity contribution in [1.29, 1.82) is 0 Å². The maximum atomic E-state index is 13.0. The highest BCUT2D eigenvalue weighted by atomic mass is 32.2. The zero-order valence-corrected chi connectivity index (χ0v) is 15.1. The van der Waals surface area contributed by atoms with Gasteiger partial charge in [-0.2, -0.15) is 0 Å². The van der Waals surface area contributed by atoms with Crippen LogP contribution in [0, 0.1) is 6.92 Å². The van der Waals surface area contributed by atoms with E-state index in [1.54, 1.807) is 48.5 Å². The lowest BCUT2D eigenvalue weighted by molar-refractivity contribution is 0.0953. The van der Waals surface area contributed by atoms with E-state index in [2.05, 4.69) is 5.32 Å². The highest BCUT2D eigenvalue weighted by Gasteiger charge is 2.31. The Bertz CT molecular complexity index is 980. The largest absolute Gasteiger partial charge is 0.468 e. The number of nitrogens with one attached hydrogen (secondary N) is 1. The van der Waals surface area contributed by atoms with Crippen molar-refractivity contribution in [2.45, 2.75) is 17.1 Å². The van der Waals surface area contributed by atoms with E-state index in [1.165, 1.54) is 18.4 Å². The van der Waals surface area contributed by atoms with Gasteiger partial charge in [0.05, 0.1) is 11.2 Å². The summed E-state index contributed by atoms with van der Waals surface area (Å²) in [7, 11) is -3.72. The summed E-state index contributed by atoms with van der Waals surface area (Å²) in [5.74, 6) is -0.0353. The van der Waals surface area contributed by atoms with E-state index in [-0.39, 0.29) is 17.3 Å². The fourth-order valence-corrected chi connectivity index (χ4v) is 4.29. The molecule has 0 radical (unpaired) electrons. The van der Waals surface area contributed by atoms with E-state index in [9.17, 15) is 13.2 Å². The van der Waals surface area contributed by atoms with E-state index in [4.69, 9.17) is 4.42 Å². The monoisotopic (exact) mass is 369 g/mol. The summed E-state index contributed by atoms with van der Waals surface area (Å²) in [6, 6.07) is 18.5. The van der Waals surface area contributed by atoms with E-state index in [0.29, 0.717) is 11.3 Å². The van der Waals surface area contributed by atoms with Crippen LogP contribution >= 0.6 is 0 Å². The lowest BCUT2D eigenvalue weighted by atomic mass is 10.1. The average Bonchev–Trinajstić information content (AvgIpc) is 3.16. The molecule has 26 heavy (non-hydrogen) atoms. The first-order valence-electron chi connectivity index (χ1n) is 8.15. The second-order valence-electron chi connectivity index (χ2n) is 5.94. The summed E-state index contributed by atoms with van der Waals surface area (Å²) < 4.78 is 31.4. The van der Waals surface area contributed by atoms with Gasteiger partial charge in [0, 0.05) is 12.1 Å². The maximum absolute atomic E-state index is 13.0. The molecule has 0 unspecified atom stereocenters.